The van der Waals surface area contributed by atoms with E-state index in [1.54, 1.807) is 0 Å². The Morgan fingerprint density at radius 1 is 1.25 bits per heavy atom. The lowest BCUT2D eigenvalue weighted by Gasteiger charge is -2.06. The third kappa shape index (κ3) is 3.23. The number of nitro groups is 1. The number of benzene rings is 2. The maximum absolute atomic E-state index is 12.2. The molecule has 3 rings (SSSR count). The first-order chi connectivity index (χ1) is 11.6. The second-order valence-corrected chi connectivity index (χ2v) is 5.72. The standard InChI is InChI=1S/C17H14ClN3O3/c18-12-5-6-16(21(23)24)14(9-12)17(22)19-8-7-11-10-20-15-4-2-1-3-13(11)15/h1-6,9-10,20H,7-8H2,(H,19,22). The molecule has 122 valence electrons. The summed E-state index contributed by atoms with van der Waals surface area (Å²) in [5.41, 5.74) is 1.81. The van der Waals surface area contributed by atoms with Gasteiger partial charge in [-0.1, -0.05) is 29.8 Å². The molecule has 1 aromatic heterocycles. The van der Waals surface area contributed by atoms with Gasteiger partial charge in [-0.05, 0) is 30.2 Å². The quantitative estimate of drug-likeness (QED) is 0.547. The predicted octanol–water partition coefficient (Wildman–Crippen LogP) is 3.70. The highest BCUT2D eigenvalue weighted by Crippen LogP contribution is 2.23. The van der Waals surface area contributed by atoms with Crippen LogP contribution in [0.3, 0.4) is 0 Å². The van der Waals surface area contributed by atoms with Crippen LogP contribution in [0.4, 0.5) is 5.69 Å². The van der Waals surface area contributed by atoms with Crippen molar-refractivity contribution in [3.8, 4) is 0 Å². The fraction of sp³-hybridized carbons (Fsp3) is 0.118. The Hall–Kier alpha value is -2.86. The average Bonchev–Trinajstić information content (AvgIpc) is 2.98. The summed E-state index contributed by atoms with van der Waals surface area (Å²) in [5, 5.41) is 15.1. The number of carbonyl (C=O) groups is 1. The van der Waals surface area contributed by atoms with E-state index >= 15 is 0 Å². The highest BCUT2D eigenvalue weighted by Gasteiger charge is 2.20. The Balaban J connectivity index is 1.70. The first-order valence-electron chi connectivity index (χ1n) is 7.33. The molecule has 0 aliphatic carbocycles. The summed E-state index contributed by atoms with van der Waals surface area (Å²) in [6.45, 7) is 0.365. The number of amides is 1. The fourth-order valence-corrected chi connectivity index (χ4v) is 2.77. The monoisotopic (exact) mass is 343 g/mol. The Kier molecular flexibility index (Phi) is 4.48. The molecular formula is C17H14ClN3O3. The molecule has 0 spiro atoms. The van der Waals surface area contributed by atoms with Crippen molar-refractivity contribution in [3.05, 3.63) is 74.9 Å². The molecule has 0 atom stereocenters. The lowest BCUT2D eigenvalue weighted by Crippen LogP contribution is -2.26. The largest absolute Gasteiger partial charge is 0.361 e. The van der Waals surface area contributed by atoms with Gasteiger partial charge in [0.05, 0.1) is 4.92 Å². The minimum atomic E-state index is -0.592. The highest BCUT2D eigenvalue weighted by molar-refractivity contribution is 6.31. The van der Waals surface area contributed by atoms with Gasteiger partial charge in [-0.25, -0.2) is 0 Å². The van der Waals surface area contributed by atoms with Crippen molar-refractivity contribution in [3.63, 3.8) is 0 Å². The zero-order valence-corrected chi connectivity index (χ0v) is 13.3. The van der Waals surface area contributed by atoms with Crippen LogP contribution in [0.25, 0.3) is 10.9 Å². The molecule has 0 aliphatic heterocycles. The van der Waals surface area contributed by atoms with Crippen LogP contribution >= 0.6 is 11.6 Å². The lowest BCUT2D eigenvalue weighted by molar-refractivity contribution is -0.385. The number of para-hydroxylation sites is 1. The van der Waals surface area contributed by atoms with Crippen LogP contribution in [0.15, 0.2) is 48.7 Å². The molecule has 0 radical (unpaired) electrons. The Bertz CT molecular complexity index is 920. The first-order valence-corrected chi connectivity index (χ1v) is 7.71. The number of aromatic nitrogens is 1. The number of H-pyrrole nitrogens is 1. The van der Waals surface area contributed by atoms with Gasteiger partial charge in [0.1, 0.15) is 5.56 Å². The minimum absolute atomic E-state index is 0.0357. The number of hydrogen-bond donors (Lipinski definition) is 2. The molecule has 6 nitrogen and oxygen atoms in total. The molecule has 24 heavy (non-hydrogen) atoms. The van der Waals surface area contributed by atoms with E-state index in [1.807, 2.05) is 30.5 Å². The summed E-state index contributed by atoms with van der Waals surface area (Å²) in [5.74, 6) is -0.510. The number of aromatic amines is 1. The number of nitrogens with zero attached hydrogens (tertiary/aromatic N) is 1. The number of rotatable bonds is 5. The molecule has 0 saturated carbocycles. The smallest absolute Gasteiger partial charge is 0.282 e. The molecule has 3 aromatic rings. The van der Waals surface area contributed by atoms with E-state index in [1.165, 1.54) is 18.2 Å². The van der Waals surface area contributed by atoms with Gasteiger partial charge in [0.25, 0.3) is 11.6 Å². The van der Waals surface area contributed by atoms with Crippen LogP contribution in [0, 0.1) is 10.1 Å². The van der Waals surface area contributed by atoms with E-state index in [-0.39, 0.29) is 16.3 Å². The van der Waals surface area contributed by atoms with Crippen molar-refractivity contribution in [2.75, 3.05) is 6.54 Å². The van der Waals surface area contributed by atoms with E-state index in [9.17, 15) is 14.9 Å². The van der Waals surface area contributed by atoms with Gasteiger partial charge in [-0.2, -0.15) is 0 Å². The molecule has 0 unspecified atom stereocenters. The summed E-state index contributed by atoms with van der Waals surface area (Å²) in [4.78, 5) is 25.8. The van der Waals surface area contributed by atoms with Gasteiger partial charge in [0.15, 0.2) is 0 Å². The van der Waals surface area contributed by atoms with Crippen LogP contribution in [0.1, 0.15) is 15.9 Å². The van der Waals surface area contributed by atoms with Crippen molar-refractivity contribution in [1.82, 2.24) is 10.3 Å². The Labute approximate surface area is 142 Å². The number of fused-ring (bicyclic) bond motifs is 1. The number of nitro benzene ring substituents is 1. The number of halogens is 1. The van der Waals surface area contributed by atoms with Gasteiger partial charge >= 0.3 is 0 Å². The van der Waals surface area contributed by atoms with E-state index < -0.39 is 10.8 Å². The van der Waals surface area contributed by atoms with Crippen LogP contribution in [0.2, 0.25) is 5.02 Å². The van der Waals surface area contributed by atoms with E-state index in [0.29, 0.717) is 13.0 Å². The molecule has 0 bridgehead atoms. The first kappa shape index (κ1) is 16.0. The SMILES string of the molecule is O=C(NCCc1c[nH]c2ccccc12)c1cc(Cl)ccc1[N+](=O)[O-]. The van der Waals surface area contributed by atoms with E-state index in [2.05, 4.69) is 10.3 Å². The molecule has 0 saturated heterocycles. The number of nitrogens with one attached hydrogen (secondary N) is 2. The van der Waals surface area contributed by atoms with E-state index in [0.717, 1.165) is 16.5 Å². The second-order valence-electron chi connectivity index (χ2n) is 5.28. The number of hydrogen-bond acceptors (Lipinski definition) is 3. The molecule has 7 heteroatoms. The van der Waals surface area contributed by atoms with Crippen molar-refractivity contribution in [2.24, 2.45) is 0 Å². The average molecular weight is 344 g/mol. The Morgan fingerprint density at radius 2 is 2.04 bits per heavy atom. The zero-order chi connectivity index (χ0) is 17.1. The van der Waals surface area contributed by atoms with Gasteiger partial charge < -0.3 is 10.3 Å². The van der Waals surface area contributed by atoms with E-state index in [4.69, 9.17) is 11.6 Å². The van der Waals surface area contributed by atoms with Gasteiger partial charge in [0, 0.05) is 34.7 Å². The minimum Gasteiger partial charge on any atom is -0.361 e. The van der Waals surface area contributed by atoms with Crippen LogP contribution in [-0.2, 0) is 6.42 Å². The molecular weight excluding hydrogens is 330 g/mol. The topological polar surface area (TPSA) is 88.0 Å². The summed E-state index contributed by atoms with van der Waals surface area (Å²) in [6.07, 6.45) is 2.52. The normalized spacial score (nSPS) is 10.7. The molecule has 2 aromatic carbocycles. The second kappa shape index (κ2) is 6.72. The fourth-order valence-electron chi connectivity index (χ4n) is 2.59. The summed E-state index contributed by atoms with van der Waals surface area (Å²) >= 11 is 5.84. The molecule has 2 N–H and O–H groups in total. The summed E-state index contributed by atoms with van der Waals surface area (Å²) in [6, 6.07) is 11.8. The molecule has 1 amide bonds. The van der Waals surface area contributed by atoms with Crippen LogP contribution < -0.4 is 5.32 Å². The zero-order valence-electron chi connectivity index (χ0n) is 12.6. The van der Waals surface area contributed by atoms with Crippen LogP contribution in [0.5, 0.6) is 0 Å². The van der Waals surface area contributed by atoms with Gasteiger partial charge in [-0.3, -0.25) is 14.9 Å². The maximum atomic E-state index is 12.2. The third-order valence-electron chi connectivity index (χ3n) is 3.75. The third-order valence-corrected chi connectivity index (χ3v) is 3.99. The highest BCUT2D eigenvalue weighted by atomic mass is 35.5. The number of carbonyl (C=O) groups excluding carboxylic acids is 1. The van der Waals surface area contributed by atoms with Crippen molar-refractivity contribution in [1.29, 1.82) is 0 Å². The predicted molar refractivity (Wildman–Crippen MR) is 92.4 cm³/mol. The summed E-state index contributed by atoms with van der Waals surface area (Å²) < 4.78 is 0. The molecule has 0 aliphatic rings. The van der Waals surface area contributed by atoms with Gasteiger partial charge in [0.2, 0.25) is 0 Å². The Morgan fingerprint density at radius 3 is 2.83 bits per heavy atom. The van der Waals surface area contributed by atoms with Crippen LogP contribution in [-0.4, -0.2) is 22.4 Å². The molecule has 1 heterocycles. The lowest BCUT2D eigenvalue weighted by atomic mass is 10.1. The summed E-state index contributed by atoms with van der Waals surface area (Å²) in [7, 11) is 0. The van der Waals surface area contributed by atoms with Crippen molar-refractivity contribution in [2.45, 2.75) is 6.42 Å². The molecule has 0 fully saturated rings. The maximum Gasteiger partial charge on any atom is 0.282 e. The van der Waals surface area contributed by atoms with Gasteiger partial charge in [-0.15, -0.1) is 0 Å². The van der Waals surface area contributed by atoms with Crippen molar-refractivity contribution >= 4 is 34.1 Å². The van der Waals surface area contributed by atoms with Crippen molar-refractivity contribution < 1.29 is 9.72 Å².